The predicted molar refractivity (Wildman–Crippen MR) is 149 cm³/mol. The Balaban J connectivity index is 2.95. The second kappa shape index (κ2) is 8.85. The summed E-state index contributed by atoms with van der Waals surface area (Å²) in [4.78, 5) is 0. The van der Waals surface area contributed by atoms with E-state index in [0.717, 1.165) is 23.5 Å². The Kier molecular flexibility index (Phi) is 8.93. The summed E-state index contributed by atoms with van der Waals surface area (Å²) in [6.45, 7) is 0. The summed E-state index contributed by atoms with van der Waals surface area (Å²) in [6.07, 6.45) is 0. The fraction of sp³-hybridized carbons (Fsp3) is 0.286. The number of benzene rings is 1. The molecule has 0 bridgehead atoms. The first-order valence-corrected chi connectivity index (χ1v) is 15.0. The van der Waals surface area contributed by atoms with E-state index in [4.69, 9.17) is 0 Å². The fourth-order valence-electron chi connectivity index (χ4n) is 2.36. The van der Waals surface area contributed by atoms with Crippen molar-refractivity contribution in [2.24, 2.45) is 0 Å². The molecule has 1 aromatic rings. The summed E-state index contributed by atoms with van der Waals surface area (Å²) < 4.78 is 0.572. The molecule has 0 spiro atoms. The molecule has 0 saturated heterocycles. The molecule has 0 aromatic heterocycles. The molecular weight excluding hydrogens is 1050 g/mol. The fourth-order valence-corrected chi connectivity index (χ4v) is 13.0. The van der Waals surface area contributed by atoms with Crippen LogP contribution >= 0.6 is 175 Å². The summed E-state index contributed by atoms with van der Waals surface area (Å²) in [5.74, 6) is 0. The highest BCUT2D eigenvalue weighted by Gasteiger charge is 2.70. The van der Waals surface area contributed by atoms with Crippen LogP contribution < -0.4 is 0 Å². The summed E-state index contributed by atoms with van der Waals surface area (Å²) in [6, 6.07) is 10.1. The molecule has 2 rings (SSSR count). The van der Waals surface area contributed by atoms with E-state index in [1.807, 2.05) is 18.2 Å². The van der Waals surface area contributed by atoms with E-state index < -0.39 is 14.0 Å². The highest BCUT2D eigenvalue weighted by Crippen LogP contribution is 2.74. The molecule has 25 heavy (non-hydrogen) atoms. The number of hydrogen-bond acceptors (Lipinski definition) is 0. The number of halogens is 11. The van der Waals surface area contributed by atoms with Crippen molar-refractivity contribution in [1.82, 2.24) is 0 Å². The smallest absolute Gasteiger partial charge is 0.0746 e. The van der Waals surface area contributed by atoms with Gasteiger partial charge in [0.25, 0.3) is 0 Å². The molecule has 138 valence electrons. The molecule has 0 N–H and O–H groups in total. The molecule has 0 heterocycles. The van der Waals surface area contributed by atoms with Crippen LogP contribution in [-0.4, -0.2) is 9.70 Å². The van der Waals surface area contributed by atoms with Gasteiger partial charge >= 0.3 is 0 Å². The monoisotopic (exact) mass is 1040 g/mol. The van der Waals surface area contributed by atoms with Crippen molar-refractivity contribution in [1.29, 1.82) is 0 Å². The average Bonchev–Trinajstić information content (AvgIpc) is 2.56. The third-order valence-electron chi connectivity index (χ3n) is 3.63. The molecule has 0 amide bonds. The second-order valence-electron chi connectivity index (χ2n) is 5.01. The maximum absolute atomic E-state index is 4.04. The predicted octanol–water partition coefficient (Wildman–Crippen LogP) is 10.8. The van der Waals surface area contributed by atoms with Crippen molar-refractivity contribution in [2.75, 3.05) is 0 Å². The van der Waals surface area contributed by atoms with E-state index in [1.54, 1.807) is 0 Å². The van der Waals surface area contributed by atoms with Gasteiger partial charge in [0.05, 0.1) is 0 Å². The third kappa shape index (κ3) is 3.97. The molecule has 1 aliphatic rings. The van der Waals surface area contributed by atoms with Crippen molar-refractivity contribution in [3.8, 4) is 0 Å². The zero-order chi connectivity index (χ0) is 19.4. The second-order valence-corrected chi connectivity index (χ2v) is 20.8. The van der Waals surface area contributed by atoms with Crippen LogP contribution in [0.1, 0.15) is 5.56 Å². The van der Waals surface area contributed by atoms with E-state index in [-0.39, 0.29) is 0 Å². The Morgan fingerprint density at radius 1 is 0.680 bits per heavy atom. The molecule has 0 nitrogen and oxygen atoms in total. The summed E-state index contributed by atoms with van der Waals surface area (Å²) in [5.41, 5.74) is 1.02. The maximum Gasteiger partial charge on any atom is 0.156 e. The van der Waals surface area contributed by atoms with Gasteiger partial charge in [-0.05, 0) is 37.4 Å². The lowest BCUT2D eigenvalue weighted by atomic mass is 9.82. The lowest BCUT2D eigenvalue weighted by molar-refractivity contribution is 0.544. The molecule has 2 atom stereocenters. The van der Waals surface area contributed by atoms with E-state index >= 15 is 0 Å². The number of allylic oxidation sites excluding steroid dienone is 4. The van der Waals surface area contributed by atoms with Gasteiger partial charge in [-0.15, -0.1) is 0 Å². The number of rotatable bonds is 2. The molecule has 2 unspecified atom stereocenters. The summed E-state index contributed by atoms with van der Waals surface area (Å²) in [5, 5.41) is 0. The van der Waals surface area contributed by atoms with Gasteiger partial charge in [-0.3, -0.25) is 0 Å². The average molecular weight is 1050 g/mol. The summed E-state index contributed by atoms with van der Waals surface area (Å²) in [7, 11) is 0. The molecule has 0 radical (unpaired) electrons. The van der Waals surface area contributed by atoms with Gasteiger partial charge in [-0.25, -0.2) is 0 Å². The minimum atomic E-state index is -0.764. The van der Waals surface area contributed by atoms with Crippen molar-refractivity contribution in [3.05, 3.63) is 53.8 Å². The molecule has 1 aliphatic carbocycles. The van der Waals surface area contributed by atoms with Crippen LogP contribution in [0.3, 0.4) is 0 Å². The lowest BCUT2D eigenvalue weighted by Crippen LogP contribution is -2.60. The molecule has 11 heteroatoms. The van der Waals surface area contributed by atoms with Crippen LogP contribution in [0.15, 0.2) is 48.3 Å². The topological polar surface area (TPSA) is 0 Å². The Hall–Kier alpha value is 3.98. The molecule has 0 aliphatic heterocycles. The van der Waals surface area contributed by atoms with Gasteiger partial charge < -0.3 is 0 Å². The van der Waals surface area contributed by atoms with Crippen LogP contribution in [-0.2, 0) is 4.32 Å². The largest absolute Gasteiger partial charge is 0.156 e. The van der Waals surface area contributed by atoms with Crippen molar-refractivity contribution < 1.29 is 0 Å². The highest BCUT2D eigenvalue weighted by molar-refractivity contribution is 9.40. The van der Waals surface area contributed by atoms with Crippen molar-refractivity contribution >= 4 is 175 Å². The third-order valence-corrected chi connectivity index (χ3v) is 20.6. The van der Waals surface area contributed by atoms with E-state index in [0.29, 0.717) is 0 Å². The summed E-state index contributed by atoms with van der Waals surface area (Å²) >= 11 is 41.9. The van der Waals surface area contributed by atoms with Gasteiger partial charge in [0, 0.05) is 17.9 Å². The van der Waals surface area contributed by atoms with E-state index in [2.05, 4.69) is 187 Å². The standard InChI is InChI=1S/C14H5Br11/c15-7-8(16)10(18)13(21,22)12(20,9(7)17)11(19,14(23,24)25)6-4-2-1-3-5-6/h1-5H. The maximum atomic E-state index is 4.04. The molecule has 0 saturated carbocycles. The van der Waals surface area contributed by atoms with Crippen molar-refractivity contribution in [2.45, 2.75) is 14.0 Å². The first-order valence-electron chi connectivity index (χ1n) is 6.24. The van der Waals surface area contributed by atoms with Crippen LogP contribution in [0.25, 0.3) is 0 Å². The molecule has 1 aromatic carbocycles. The molecular formula is C14H5Br11. The Labute approximate surface area is 239 Å². The minimum absolute atomic E-state index is 0.720. The SMILES string of the molecule is BrC1=C(Br)C(Br)(Br)C(Br)(C(Br)(c2ccccc2)C(Br)(Br)Br)C(Br)=C1Br. The Morgan fingerprint density at radius 2 is 1.12 bits per heavy atom. The zero-order valence-electron chi connectivity index (χ0n) is 11.5. The van der Waals surface area contributed by atoms with Gasteiger partial charge in [0.15, 0.2) is 2.14 Å². The quantitative estimate of drug-likeness (QED) is 0.259. The molecule has 0 fully saturated rings. The Morgan fingerprint density at radius 3 is 1.56 bits per heavy atom. The van der Waals surface area contributed by atoms with Crippen LogP contribution in [0.4, 0.5) is 0 Å². The highest BCUT2D eigenvalue weighted by atomic mass is 80.0. The first-order chi connectivity index (χ1) is 11.2. The van der Waals surface area contributed by atoms with Crippen LogP contribution in [0, 0.1) is 0 Å². The lowest BCUT2D eigenvalue weighted by Gasteiger charge is -2.55. The van der Waals surface area contributed by atoms with E-state index in [9.17, 15) is 0 Å². The normalized spacial score (nSPS) is 26.7. The van der Waals surface area contributed by atoms with Crippen molar-refractivity contribution in [3.63, 3.8) is 0 Å². The van der Waals surface area contributed by atoms with Gasteiger partial charge in [-0.1, -0.05) is 174 Å². The van der Waals surface area contributed by atoms with Gasteiger partial charge in [-0.2, -0.15) is 0 Å². The van der Waals surface area contributed by atoms with E-state index in [1.165, 1.54) is 0 Å². The number of alkyl halides is 7. The number of hydrogen-bond donors (Lipinski definition) is 0. The van der Waals surface area contributed by atoms with Gasteiger partial charge in [0.2, 0.25) is 0 Å². The minimum Gasteiger partial charge on any atom is -0.0746 e. The zero-order valence-corrected chi connectivity index (χ0v) is 29.0. The first kappa shape index (κ1) is 25.2. The van der Waals surface area contributed by atoms with Crippen LogP contribution in [0.2, 0.25) is 0 Å². The van der Waals surface area contributed by atoms with Gasteiger partial charge in [0.1, 0.15) is 11.9 Å². The Bertz CT molecular complexity index is 746. The van der Waals surface area contributed by atoms with Crippen LogP contribution in [0.5, 0.6) is 0 Å².